The molecule has 0 spiro atoms. The zero-order chi connectivity index (χ0) is 10.0. The molecule has 0 fully saturated rings. The van der Waals surface area contributed by atoms with Gasteiger partial charge in [0, 0.05) is 31.0 Å². The maximum Gasteiger partial charge on any atom is 0.0225 e. The number of rotatable bonds is 3. The fraction of sp³-hybridized carbons (Fsp3) is 0.636. The molecule has 0 aliphatic carbocycles. The fourth-order valence-electron chi connectivity index (χ4n) is 1.43. The van der Waals surface area contributed by atoms with E-state index in [1.807, 2.05) is 0 Å². The lowest BCUT2D eigenvalue weighted by atomic mass is 10.2. The van der Waals surface area contributed by atoms with Crippen molar-refractivity contribution in [3.63, 3.8) is 0 Å². The Bertz CT molecular complexity index is 285. The molecule has 0 bridgehead atoms. The molecule has 2 heteroatoms. The van der Waals surface area contributed by atoms with Gasteiger partial charge in [0.2, 0.25) is 0 Å². The van der Waals surface area contributed by atoms with Gasteiger partial charge in [0.15, 0.2) is 0 Å². The third-order valence-electron chi connectivity index (χ3n) is 2.58. The van der Waals surface area contributed by atoms with E-state index in [1.165, 1.54) is 17.0 Å². The van der Waals surface area contributed by atoms with Crippen molar-refractivity contribution in [1.82, 2.24) is 9.88 Å². The Kier molecular flexibility index (Phi) is 3.15. The minimum absolute atomic E-state index is 0.555. The van der Waals surface area contributed by atoms with Crippen LogP contribution >= 0.6 is 0 Å². The van der Waals surface area contributed by atoms with Crippen LogP contribution < -0.4 is 5.32 Å². The van der Waals surface area contributed by atoms with E-state index < -0.39 is 0 Å². The Balaban J connectivity index is 2.72. The highest BCUT2D eigenvalue weighted by Gasteiger charge is 2.05. The number of aryl methyl sites for hydroxylation is 1. The van der Waals surface area contributed by atoms with Crippen molar-refractivity contribution in [2.75, 3.05) is 0 Å². The van der Waals surface area contributed by atoms with E-state index in [1.54, 1.807) is 0 Å². The Morgan fingerprint density at radius 1 is 1.38 bits per heavy atom. The van der Waals surface area contributed by atoms with Crippen molar-refractivity contribution in [3.8, 4) is 0 Å². The van der Waals surface area contributed by atoms with E-state index in [9.17, 15) is 0 Å². The number of aromatic nitrogens is 1. The van der Waals surface area contributed by atoms with Gasteiger partial charge in [0.25, 0.3) is 0 Å². The van der Waals surface area contributed by atoms with Crippen molar-refractivity contribution in [2.24, 2.45) is 7.05 Å². The SMILES string of the molecule is Cc1cc(CNC(C)C)c(C)n1C. The summed E-state index contributed by atoms with van der Waals surface area (Å²) in [6, 6.07) is 2.81. The van der Waals surface area contributed by atoms with Crippen molar-refractivity contribution in [3.05, 3.63) is 23.0 Å². The minimum atomic E-state index is 0.555. The first-order valence-corrected chi connectivity index (χ1v) is 4.87. The molecule has 0 aliphatic rings. The summed E-state index contributed by atoms with van der Waals surface area (Å²) in [5.41, 5.74) is 4.11. The molecule has 0 saturated heterocycles. The summed E-state index contributed by atoms with van der Waals surface area (Å²) in [6.45, 7) is 9.64. The smallest absolute Gasteiger partial charge is 0.0225 e. The van der Waals surface area contributed by atoms with E-state index in [4.69, 9.17) is 0 Å². The fourth-order valence-corrected chi connectivity index (χ4v) is 1.43. The lowest BCUT2D eigenvalue weighted by Crippen LogP contribution is -2.22. The van der Waals surface area contributed by atoms with Gasteiger partial charge in [-0.3, -0.25) is 0 Å². The first-order chi connectivity index (χ1) is 6.02. The van der Waals surface area contributed by atoms with Crippen LogP contribution in [0.2, 0.25) is 0 Å². The Morgan fingerprint density at radius 3 is 2.38 bits per heavy atom. The second-order valence-corrected chi connectivity index (χ2v) is 3.99. The summed E-state index contributed by atoms with van der Waals surface area (Å²) < 4.78 is 2.23. The summed E-state index contributed by atoms with van der Waals surface area (Å²) in [7, 11) is 2.11. The van der Waals surface area contributed by atoms with E-state index in [2.05, 4.69) is 50.7 Å². The van der Waals surface area contributed by atoms with Gasteiger partial charge in [0.05, 0.1) is 0 Å². The van der Waals surface area contributed by atoms with Crippen molar-refractivity contribution < 1.29 is 0 Å². The number of hydrogen-bond acceptors (Lipinski definition) is 1. The standard InChI is InChI=1S/C11H20N2/c1-8(2)12-7-11-6-9(3)13(5)10(11)4/h6,8,12H,7H2,1-5H3. The lowest BCUT2D eigenvalue weighted by molar-refractivity contribution is 0.586. The molecule has 0 aromatic carbocycles. The van der Waals surface area contributed by atoms with Crippen LogP contribution in [0.25, 0.3) is 0 Å². The summed E-state index contributed by atoms with van der Waals surface area (Å²) in [5, 5.41) is 3.43. The van der Waals surface area contributed by atoms with Crippen LogP contribution in [0, 0.1) is 13.8 Å². The molecule has 1 aromatic heterocycles. The van der Waals surface area contributed by atoms with Gasteiger partial charge in [0.1, 0.15) is 0 Å². The molecule has 0 aliphatic heterocycles. The second kappa shape index (κ2) is 3.97. The van der Waals surface area contributed by atoms with Crippen LogP contribution in [0.15, 0.2) is 6.07 Å². The predicted octanol–water partition coefficient (Wildman–Crippen LogP) is 2.14. The Morgan fingerprint density at radius 2 is 2.00 bits per heavy atom. The normalized spacial score (nSPS) is 11.2. The van der Waals surface area contributed by atoms with E-state index >= 15 is 0 Å². The first kappa shape index (κ1) is 10.3. The average Bonchev–Trinajstić information content (AvgIpc) is 2.29. The number of nitrogens with one attached hydrogen (secondary N) is 1. The summed E-state index contributed by atoms with van der Waals surface area (Å²) in [4.78, 5) is 0. The van der Waals surface area contributed by atoms with Gasteiger partial charge in [-0.1, -0.05) is 13.8 Å². The minimum Gasteiger partial charge on any atom is -0.352 e. The highest BCUT2D eigenvalue weighted by molar-refractivity contribution is 5.26. The lowest BCUT2D eigenvalue weighted by Gasteiger charge is -2.07. The largest absolute Gasteiger partial charge is 0.352 e. The molecule has 74 valence electrons. The molecular weight excluding hydrogens is 160 g/mol. The van der Waals surface area contributed by atoms with Crippen molar-refractivity contribution in [1.29, 1.82) is 0 Å². The predicted molar refractivity (Wildman–Crippen MR) is 56.9 cm³/mol. The zero-order valence-electron chi connectivity index (χ0n) is 9.31. The van der Waals surface area contributed by atoms with Crippen molar-refractivity contribution >= 4 is 0 Å². The molecule has 0 radical (unpaired) electrons. The highest BCUT2D eigenvalue weighted by Crippen LogP contribution is 2.12. The van der Waals surface area contributed by atoms with Gasteiger partial charge in [-0.2, -0.15) is 0 Å². The molecule has 1 N–H and O–H groups in total. The third-order valence-corrected chi connectivity index (χ3v) is 2.58. The average molecular weight is 180 g/mol. The van der Waals surface area contributed by atoms with Crippen LogP contribution in [0.1, 0.15) is 30.8 Å². The van der Waals surface area contributed by atoms with Crippen LogP contribution in [0.4, 0.5) is 0 Å². The Labute approximate surface area is 81.0 Å². The molecule has 2 nitrogen and oxygen atoms in total. The van der Waals surface area contributed by atoms with Crippen LogP contribution in [-0.2, 0) is 13.6 Å². The first-order valence-electron chi connectivity index (χ1n) is 4.87. The molecule has 0 saturated carbocycles. The number of nitrogens with zero attached hydrogens (tertiary/aromatic N) is 1. The molecule has 1 heterocycles. The van der Waals surface area contributed by atoms with E-state index in [-0.39, 0.29) is 0 Å². The summed E-state index contributed by atoms with van der Waals surface area (Å²) >= 11 is 0. The molecule has 0 atom stereocenters. The second-order valence-electron chi connectivity index (χ2n) is 3.99. The molecular formula is C11H20N2. The number of hydrogen-bond donors (Lipinski definition) is 1. The Hall–Kier alpha value is -0.760. The van der Waals surface area contributed by atoms with E-state index in [0.717, 1.165) is 6.54 Å². The zero-order valence-corrected chi connectivity index (χ0v) is 9.31. The molecule has 0 amide bonds. The van der Waals surface area contributed by atoms with Crippen molar-refractivity contribution in [2.45, 2.75) is 40.3 Å². The van der Waals surface area contributed by atoms with Crippen LogP contribution in [0.5, 0.6) is 0 Å². The maximum atomic E-state index is 3.43. The third kappa shape index (κ3) is 2.34. The van der Waals surface area contributed by atoms with Gasteiger partial charge >= 0.3 is 0 Å². The topological polar surface area (TPSA) is 17.0 Å². The van der Waals surface area contributed by atoms with Gasteiger partial charge in [-0.25, -0.2) is 0 Å². The van der Waals surface area contributed by atoms with E-state index in [0.29, 0.717) is 6.04 Å². The van der Waals surface area contributed by atoms with Gasteiger partial charge < -0.3 is 9.88 Å². The summed E-state index contributed by atoms with van der Waals surface area (Å²) in [5.74, 6) is 0. The summed E-state index contributed by atoms with van der Waals surface area (Å²) in [6.07, 6.45) is 0. The molecule has 13 heavy (non-hydrogen) atoms. The molecule has 1 rings (SSSR count). The van der Waals surface area contributed by atoms with Gasteiger partial charge in [-0.05, 0) is 25.5 Å². The van der Waals surface area contributed by atoms with Gasteiger partial charge in [-0.15, -0.1) is 0 Å². The maximum absolute atomic E-state index is 3.43. The molecule has 0 unspecified atom stereocenters. The quantitative estimate of drug-likeness (QED) is 0.754. The monoisotopic (exact) mass is 180 g/mol. The van der Waals surface area contributed by atoms with Crippen LogP contribution in [-0.4, -0.2) is 10.6 Å². The highest BCUT2D eigenvalue weighted by atomic mass is 15.0. The molecule has 1 aromatic rings. The van der Waals surface area contributed by atoms with Crippen LogP contribution in [0.3, 0.4) is 0 Å².